The first-order valence-electron chi connectivity index (χ1n) is 11.3. The standard InChI is InChI=1S/C22H28ClN3O5S3/c1-4-31-22(28)19-14-9-11-25(13(2)3)12-16(14)32-21(19)24-20(27)15-6-5-10-26(15)34(29,30)18-8-7-17(23)33-18/h7-8,13,15H,4-6,9-12H2,1-3H3,(H,24,27). The maximum absolute atomic E-state index is 13.3. The SMILES string of the molecule is CCOC(=O)c1c(NC(=O)C2CCCN2S(=O)(=O)c2ccc(Cl)s2)sc2c1CCN(C(C)C)C2. The number of halogens is 1. The molecule has 186 valence electrons. The first kappa shape index (κ1) is 25.6. The van der Waals surface area contributed by atoms with E-state index in [9.17, 15) is 18.0 Å². The normalized spacial score (nSPS) is 19.4. The fourth-order valence-electron chi connectivity index (χ4n) is 4.41. The van der Waals surface area contributed by atoms with E-state index < -0.39 is 27.9 Å². The Morgan fingerprint density at radius 3 is 2.68 bits per heavy atom. The number of ether oxygens (including phenoxy) is 1. The molecule has 1 saturated heterocycles. The second-order valence-corrected chi connectivity index (χ2v) is 13.5. The van der Waals surface area contributed by atoms with Crippen molar-refractivity contribution in [2.75, 3.05) is 25.0 Å². The fourth-order valence-corrected chi connectivity index (χ4v) is 8.94. The van der Waals surface area contributed by atoms with Gasteiger partial charge in [-0.25, -0.2) is 13.2 Å². The number of carbonyl (C=O) groups is 2. The average Bonchev–Trinajstić information content (AvgIpc) is 3.51. The zero-order chi connectivity index (χ0) is 24.6. The Morgan fingerprint density at radius 1 is 1.26 bits per heavy atom. The minimum Gasteiger partial charge on any atom is -0.462 e. The molecular formula is C22H28ClN3O5S3. The molecule has 8 nitrogen and oxygen atoms in total. The van der Waals surface area contributed by atoms with Crippen molar-refractivity contribution in [1.29, 1.82) is 0 Å². The van der Waals surface area contributed by atoms with Gasteiger partial charge in [0.05, 0.1) is 16.5 Å². The number of sulfonamides is 1. The molecule has 1 amide bonds. The molecule has 0 aromatic carbocycles. The lowest BCUT2D eigenvalue weighted by atomic mass is 10.0. The number of amides is 1. The molecule has 2 aromatic heterocycles. The van der Waals surface area contributed by atoms with E-state index in [1.54, 1.807) is 6.92 Å². The summed E-state index contributed by atoms with van der Waals surface area (Å²) in [6.45, 7) is 8.00. The van der Waals surface area contributed by atoms with Crippen LogP contribution in [-0.4, -0.2) is 61.3 Å². The van der Waals surface area contributed by atoms with Crippen molar-refractivity contribution in [3.63, 3.8) is 0 Å². The number of nitrogens with zero attached hydrogens (tertiary/aromatic N) is 2. The summed E-state index contributed by atoms with van der Waals surface area (Å²) in [5, 5.41) is 3.32. The van der Waals surface area contributed by atoms with Crippen LogP contribution < -0.4 is 5.32 Å². The Kier molecular flexibility index (Phi) is 7.70. The van der Waals surface area contributed by atoms with Crippen molar-refractivity contribution in [3.8, 4) is 0 Å². The molecule has 4 rings (SSSR count). The summed E-state index contributed by atoms with van der Waals surface area (Å²) in [7, 11) is -3.85. The van der Waals surface area contributed by atoms with Gasteiger partial charge in [0.15, 0.2) is 0 Å². The van der Waals surface area contributed by atoms with Gasteiger partial charge < -0.3 is 10.1 Å². The second kappa shape index (κ2) is 10.2. The van der Waals surface area contributed by atoms with Crippen molar-refractivity contribution >= 4 is 61.2 Å². The number of hydrogen-bond donors (Lipinski definition) is 1. The largest absolute Gasteiger partial charge is 0.462 e. The van der Waals surface area contributed by atoms with Gasteiger partial charge in [-0.2, -0.15) is 4.31 Å². The van der Waals surface area contributed by atoms with Crippen molar-refractivity contribution in [2.24, 2.45) is 0 Å². The molecular weight excluding hydrogens is 518 g/mol. The van der Waals surface area contributed by atoms with Crippen LogP contribution in [-0.2, 0) is 32.5 Å². The lowest BCUT2D eigenvalue weighted by Crippen LogP contribution is -2.42. The number of nitrogens with one attached hydrogen (secondary N) is 1. The van der Waals surface area contributed by atoms with Crippen LogP contribution >= 0.6 is 34.3 Å². The summed E-state index contributed by atoms with van der Waals surface area (Å²) < 4.78 is 33.3. The molecule has 34 heavy (non-hydrogen) atoms. The summed E-state index contributed by atoms with van der Waals surface area (Å²) in [6.07, 6.45) is 1.67. The van der Waals surface area contributed by atoms with E-state index in [0.29, 0.717) is 46.7 Å². The van der Waals surface area contributed by atoms with Gasteiger partial charge in [-0.3, -0.25) is 9.69 Å². The van der Waals surface area contributed by atoms with Crippen LogP contribution in [0.4, 0.5) is 5.00 Å². The number of anilines is 1. The highest BCUT2D eigenvalue weighted by Gasteiger charge is 2.41. The Hall–Kier alpha value is -1.50. The molecule has 4 heterocycles. The number of hydrogen-bond acceptors (Lipinski definition) is 8. The maximum Gasteiger partial charge on any atom is 0.341 e. The number of fused-ring (bicyclic) bond motifs is 1. The van der Waals surface area contributed by atoms with Gasteiger partial charge in [-0.1, -0.05) is 11.6 Å². The zero-order valence-electron chi connectivity index (χ0n) is 19.3. The van der Waals surface area contributed by atoms with Crippen LogP contribution in [0.3, 0.4) is 0 Å². The van der Waals surface area contributed by atoms with Crippen molar-refractivity contribution in [3.05, 3.63) is 32.5 Å². The summed E-state index contributed by atoms with van der Waals surface area (Å²) >= 11 is 8.29. The molecule has 0 bridgehead atoms. The fraction of sp³-hybridized carbons (Fsp3) is 0.545. The predicted molar refractivity (Wildman–Crippen MR) is 134 cm³/mol. The molecule has 1 N–H and O–H groups in total. The van der Waals surface area contributed by atoms with Crippen LogP contribution in [0.2, 0.25) is 4.34 Å². The lowest BCUT2D eigenvalue weighted by molar-refractivity contribution is -0.119. The Morgan fingerprint density at radius 2 is 2.03 bits per heavy atom. The van der Waals surface area contributed by atoms with Gasteiger partial charge in [0.2, 0.25) is 5.91 Å². The third-order valence-electron chi connectivity index (χ3n) is 6.15. The van der Waals surface area contributed by atoms with Gasteiger partial charge >= 0.3 is 5.97 Å². The van der Waals surface area contributed by atoms with Crippen LogP contribution in [0, 0.1) is 0 Å². The van der Waals surface area contributed by atoms with E-state index in [0.717, 1.165) is 28.3 Å². The van der Waals surface area contributed by atoms with Crippen molar-refractivity contribution in [1.82, 2.24) is 9.21 Å². The van der Waals surface area contributed by atoms with Crippen LogP contribution in [0.1, 0.15) is 54.4 Å². The third-order valence-corrected chi connectivity index (χ3v) is 10.9. The van der Waals surface area contributed by atoms with E-state index in [-0.39, 0.29) is 17.4 Å². The Bertz CT molecular complexity index is 1190. The molecule has 12 heteroatoms. The molecule has 0 aliphatic carbocycles. The molecule has 0 spiro atoms. The molecule has 1 fully saturated rings. The second-order valence-electron chi connectivity index (χ2n) is 8.56. The zero-order valence-corrected chi connectivity index (χ0v) is 22.5. The number of carbonyl (C=O) groups excluding carboxylic acids is 2. The quantitative estimate of drug-likeness (QED) is 0.524. The minimum atomic E-state index is -3.85. The molecule has 2 aromatic rings. The molecule has 2 aliphatic rings. The number of thiophene rings is 2. The first-order chi connectivity index (χ1) is 16.1. The van der Waals surface area contributed by atoms with E-state index in [2.05, 4.69) is 24.1 Å². The van der Waals surface area contributed by atoms with Gasteiger partial charge in [0, 0.05) is 30.6 Å². The summed E-state index contributed by atoms with van der Waals surface area (Å²) in [5.74, 6) is -0.897. The van der Waals surface area contributed by atoms with E-state index in [1.165, 1.54) is 27.8 Å². The maximum atomic E-state index is 13.3. The number of esters is 1. The van der Waals surface area contributed by atoms with Gasteiger partial charge in [-0.05, 0) is 57.7 Å². The Balaban J connectivity index is 1.61. The molecule has 1 unspecified atom stereocenters. The van der Waals surface area contributed by atoms with E-state index >= 15 is 0 Å². The molecule has 0 radical (unpaired) electrons. The van der Waals surface area contributed by atoms with Gasteiger partial charge in [0.25, 0.3) is 10.0 Å². The third kappa shape index (κ3) is 4.91. The molecule has 1 atom stereocenters. The summed E-state index contributed by atoms with van der Waals surface area (Å²) in [4.78, 5) is 29.5. The number of rotatable bonds is 7. The molecule has 0 saturated carbocycles. The van der Waals surface area contributed by atoms with Crippen molar-refractivity contribution < 1.29 is 22.7 Å². The average molecular weight is 546 g/mol. The first-order valence-corrected chi connectivity index (χ1v) is 14.7. The Labute approximate surface area is 212 Å². The monoisotopic (exact) mass is 545 g/mol. The highest BCUT2D eigenvalue weighted by molar-refractivity contribution is 7.91. The van der Waals surface area contributed by atoms with Gasteiger partial charge in [-0.15, -0.1) is 22.7 Å². The highest BCUT2D eigenvalue weighted by Crippen LogP contribution is 2.39. The van der Waals surface area contributed by atoms with E-state index in [4.69, 9.17) is 16.3 Å². The molecule has 2 aliphatic heterocycles. The summed E-state index contributed by atoms with van der Waals surface area (Å²) in [5.41, 5.74) is 1.32. The smallest absolute Gasteiger partial charge is 0.341 e. The minimum absolute atomic E-state index is 0.116. The van der Waals surface area contributed by atoms with Crippen LogP contribution in [0.5, 0.6) is 0 Å². The predicted octanol–water partition coefficient (Wildman–Crippen LogP) is 4.20. The van der Waals surface area contributed by atoms with Crippen LogP contribution in [0.25, 0.3) is 0 Å². The lowest BCUT2D eigenvalue weighted by Gasteiger charge is -2.30. The topological polar surface area (TPSA) is 96.0 Å². The van der Waals surface area contributed by atoms with E-state index in [1.807, 2.05) is 0 Å². The van der Waals surface area contributed by atoms with Crippen molar-refractivity contribution in [2.45, 2.75) is 62.9 Å². The highest BCUT2D eigenvalue weighted by atomic mass is 35.5. The summed E-state index contributed by atoms with van der Waals surface area (Å²) in [6, 6.07) is 2.50. The van der Waals surface area contributed by atoms with Gasteiger partial charge in [0.1, 0.15) is 15.3 Å². The van der Waals surface area contributed by atoms with Crippen LogP contribution in [0.15, 0.2) is 16.3 Å².